The van der Waals surface area contributed by atoms with E-state index in [0.717, 1.165) is 0 Å². The van der Waals surface area contributed by atoms with Crippen LogP contribution in [0.25, 0.3) is 0 Å². The van der Waals surface area contributed by atoms with Crippen molar-refractivity contribution in [1.29, 1.82) is 0 Å². The van der Waals surface area contributed by atoms with Crippen LogP contribution >= 0.6 is 0 Å². The summed E-state index contributed by atoms with van der Waals surface area (Å²) in [5.41, 5.74) is 5.55. The monoisotopic (exact) mass is 260 g/mol. The average molecular weight is 260 g/mol. The molecule has 1 aromatic rings. The van der Waals surface area contributed by atoms with Gasteiger partial charge in [-0.25, -0.2) is 8.42 Å². The van der Waals surface area contributed by atoms with E-state index in [1.807, 2.05) is 0 Å². The number of nitrogens with zero attached hydrogens (tertiary/aromatic N) is 1. The summed E-state index contributed by atoms with van der Waals surface area (Å²) < 4.78 is 28.8. The zero-order chi connectivity index (χ0) is 13.4. The third kappa shape index (κ3) is 2.28. The molecular formula is C10H16N2O4S. The van der Waals surface area contributed by atoms with Gasteiger partial charge in [0.1, 0.15) is 16.2 Å². The van der Waals surface area contributed by atoms with Gasteiger partial charge in [0.05, 0.1) is 5.75 Å². The molecule has 0 radical (unpaired) electrons. The first kappa shape index (κ1) is 13.6. The van der Waals surface area contributed by atoms with Gasteiger partial charge >= 0.3 is 0 Å². The highest BCUT2D eigenvalue weighted by atomic mass is 32.2. The molecule has 0 bridgehead atoms. The van der Waals surface area contributed by atoms with E-state index in [9.17, 15) is 13.2 Å². The first-order chi connectivity index (χ1) is 7.72. The molecule has 0 aliphatic heterocycles. The first-order valence-electron chi connectivity index (χ1n) is 5.05. The molecule has 17 heavy (non-hydrogen) atoms. The van der Waals surface area contributed by atoms with E-state index in [0.29, 0.717) is 0 Å². The number of carbonyl (C=O) groups excluding carboxylic acids is 1. The average Bonchev–Trinajstić information content (AvgIpc) is 2.52. The predicted octanol–water partition coefficient (Wildman–Crippen LogP) is 0.666. The minimum atomic E-state index is -3.58. The lowest BCUT2D eigenvalue weighted by Crippen LogP contribution is -2.24. The van der Waals surface area contributed by atoms with Crippen molar-refractivity contribution in [3.8, 4) is 0 Å². The molecule has 0 fully saturated rings. The van der Waals surface area contributed by atoms with Crippen LogP contribution in [0.5, 0.6) is 0 Å². The van der Waals surface area contributed by atoms with E-state index in [1.54, 1.807) is 0 Å². The summed E-state index contributed by atoms with van der Waals surface area (Å²) in [6.07, 6.45) is 0. The molecule has 7 heteroatoms. The predicted molar refractivity (Wildman–Crippen MR) is 63.6 cm³/mol. The second-order valence-corrected chi connectivity index (χ2v) is 6.04. The van der Waals surface area contributed by atoms with E-state index < -0.39 is 15.7 Å². The van der Waals surface area contributed by atoms with Gasteiger partial charge in [0, 0.05) is 14.1 Å². The second kappa shape index (κ2) is 4.40. The molecule has 0 aliphatic rings. The Morgan fingerprint density at radius 2 is 1.94 bits per heavy atom. The lowest BCUT2D eigenvalue weighted by Gasteiger charge is -2.10. The van der Waals surface area contributed by atoms with Crippen LogP contribution in [0.3, 0.4) is 0 Å². The summed E-state index contributed by atoms with van der Waals surface area (Å²) in [7, 11) is -0.513. The van der Waals surface area contributed by atoms with Gasteiger partial charge in [0.15, 0.2) is 9.84 Å². The lowest BCUT2D eigenvalue weighted by atomic mass is 10.2. The van der Waals surface area contributed by atoms with Crippen LogP contribution in [0, 0.1) is 6.92 Å². The smallest absolute Gasteiger partial charge is 0.258 e. The van der Waals surface area contributed by atoms with Crippen molar-refractivity contribution in [2.24, 2.45) is 0 Å². The van der Waals surface area contributed by atoms with E-state index in [1.165, 1.54) is 32.8 Å². The van der Waals surface area contributed by atoms with Gasteiger partial charge in [-0.1, -0.05) is 6.92 Å². The maximum Gasteiger partial charge on any atom is 0.258 e. The number of nitrogens with two attached hydrogens (primary N) is 1. The second-order valence-electron chi connectivity index (χ2n) is 3.83. The number of carbonyl (C=O) groups is 1. The highest BCUT2D eigenvalue weighted by Crippen LogP contribution is 2.30. The zero-order valence-electron chi connectivity index (χ0n) is 10.3. The molecule has 1 heterocycles. The maximum absolute atomic E-state index is 11.9. The quantitative estimate of drug-likeness (QED) is 0.861. The van der Waals surface area contributed by atoms with Crippen LogP contribution in [0.1, 0.15) is 23.0 Å². The minimum Gasteiger partial charge on any atom is -0.444 e. The number of anilines is 1. The first-order valence-corrected chi connectivity index (χ1v) is 6.70. The summed E-state index contributed by atoms with van der Waals surface area (Å²) >= 11 is 0. The van der Waals surface area contributed by atoms with Crippen LogP contribution in [0.15, 0.2) is 9.31 Å². The molecule has 0 saturated heterocycles. The molecule has 0 aliphatic carbocycles. The Morgan fingerprint density at radius 3 is 2.35 bits per heavy atom. The topological polar surface area (TPSA) is 93.6 Å². The van der Waals surface area contributed by atoms with Crippen LogP contribution in [0.4, 0.5) is 5.88 Å². The highest BCUT2D eigenvalue weighted by molar-refractivity contribution is 7.91. The Bertz CT molecular complexity index is 543. The summed E-state index contributed by atoms with van der Waals surface area (Å²) in [5, 5.41) is 0. The maximum atomic E-state index is 11.9. The van der Waals surface area contributed by atoms with Crippen LogP contribution in [-0.4, -0.2) is 39.1 Å². The Kier molecular flexibility index (Phi) is 3.51. The van der Waals surface area contributed by atoms with E-state index in [-0.39, 0.29) is 27.9 Å². The van der Waals surface area contributed by atoms with Gasteiger partial charge < -0.3 is 15.1 Å². The highest BCUT2D eigenvalue weighted by Gasteiger charge is 2.31. The molecule has 2 N–H and O–H groups in total. The van der Waals surface area contributed by atoms with Crippen LogP contribution in [0.2, 0.25) is 0 Å². The third-order valence-electron chi connectivity index (χ3n) is 2.38. The van der Waals surface area contributed by atoms with Crippen LogP contribution in [-0.2, 0) is 9.84 Å². The Hall–Kier alpha value is -1.50. The van der Waals surface area contributed by atoms with Crippen molar-refractivity contribution in [1.82, 2.24) is 4.90 Å². The molecule has 1 rings (SSSR count). The summed E-state index contributed by atoms with van der Waals surface area (Å²) in [6, 6.07) is 0. The largest absolute Gasteiger partial charge is 0.444 e. The number of sulfone groups is 1. The number of aryl methyl sites for hydroxylation is 1. The molecule has 6 nitrogen and oxygen atoms in total. The number of hydrogen-bond donors (Lipinski definition) is 1. The number of nitrogen functional groups attached to an aromatic ring is 1. The van der Waals surface area contributed by atoms with E-state index >= 15 is 0 Å². The van der Waals surface area contributed by atoms with E-state index in [2.05, 4.69) is 0 Å². The molecule has 1 aromatic heterocycles. The Labute approximate surface area is 100 Å². The van der Waals surface area contributed by atoms with Gasteiger partial charge in [-0.2, -0.15) is 0 Å². The number of amides is 1. The normalized spacial score (nSPS) is 11.5. The fraction of sp³-hybridized carbons (Fsp3) is 0.500. The van der Waals surface area contributed by atoms with Crippen molar-refractivity contribution in [2.75, 3.05) is 25.6 Å². The van der Waals surface area contributed by atoms with Crippen LogP contribution < -0.4 is 5.73 Å². The SMILES string of the molecule is CCS(=O)(=O)c1c(N)oc(C)c1C(=O)N(C)C. The fourth-order valence-electron chi connectivity index (χ4n) is 1.47. The third-order valence-corrected chi connectivity index (χ3v) is 4.16. The molecule has 1 amide bonds. The molecule has 0 atom stereocenters. The van der Waals surface area contributed by atoms with Crippen molar-refractivity contribution >= 4 is 21.6 Å². The minimum absolute atomic E-state index is 0.0225. The molecule has 0 saturated carbocycles. The fourth-order valence-corrected chi connectivity index (χ4v) is 2.65. The van der Waals surface area contributed by atoms with Gasteiger partial charge in [0.2, 0.25) is 5.88 Å². The Morgan fingerprint density at radius 1 is 1.41 bits per heavy atom. The summed E-state index contributed by atoms with van der Waals surface area (Å²) in [6.45, 7) is 3.00. The van der Waals surface area contributed by atoms with Gasteiger partial charge in [-0.05, 0) is 6.92 Å². The number of furan rings is 1. The lowest BCUT2D eigenvalue weighted by molar-refractivity contribution is 0.0822. The number of rotatable bonds is 3. The summed E-state index contributed by atoms with van der Waals surface area (Å²) in [5.74, 6) is -0.582. The van der Waals surface area contributed by atoms with Crippen molar-refractivity contribution in [3.05, 3.63) is 11.3 Å². The number of hydrogen-bond acceptors (Lipinski definition) is 5. The standard InChI is InChI=1S/C10H16N2O4S/c1-5-17(14,15)8-7(10(13)12(3)4)6(2)16-9(8)11/h5,11H2,1-4H3. The van der Waals surface area contributed by atoms with Gasteiger partial charge in [0.25, 0.3) is 5.91 Å². The zero-order valence-corrected chi connectivity index (χ0v) is 11.1. The molecule has 0 unspecified atom stereocenters. The van der Waals surface area contributed by atoms with E-state index in [4.69, 9.17) is 10.2 Å². The van der Waals surface area contributed by atoms with Crippen molar-refractivity contribution in [2.45, 2.75) is 18.7 Å². The molecule has 0 aromatic carbocycles. The molecule has 0 spiro atoms. The van der Waals surface area contributed by atoms with Gasteiger partial charge in [-0.15, -0.1) is 0 Å². The molecule has 96 valence electrons. The van der Waals surface area contributed by atoms with Crippen molar-refractivity contribution in [3.63, 3.8) is 0 Å². The van der Waals surface area contributed by atoms with Gasteiger partial charge in [-0.3, -0.25) is 4.79 Å². The Balaban J connectivity index is 3.57. The summed E-state index contributed by atoms with van der Waals surface area (Å²) in [4.78, 5) is 13.0. The molecular weight excluding hydrogens is 244 g/mol. The van der Waals surface area contributed by atoms with Crippen molar-refractivity contribution < 1.29 is 17.6 Å².